The zero-order valence-corrected chi connectivity index (χ0v) is 18.0. The van der Waals surface area contributed by atoms with Crippen molar-refractivity contribution in [3.8, 4) is 0 Å². The van der Waals surface area contributed by atoms with Crippen LogP contribution in [-0.2, 0) is 26.9 Å². The number of rotatable bonds is 7. The predicted molar refractivity (Wildman–Crippen MR) is 116 cm³/mol. The van der Waals surface area contributed by atoms with E-state index in [1.54, 1.807) is 19.1 Å². The molecule has 2 amide bonds. The van der Waals surface area contributed by atoms with Gasteiger partial charge in [-0.25, -0.2) is 4.39 Å². The highest BCUT2D eigenvalue weighted by Gasteiger charge is 2.35. The molecule has 0 aliphatic heterocycles. The van der Waals surface area contributed by atoms with Gasteiger partial charge in [0.1, 0.15) is 5.82 Å². The quantitative estimate of drug-likeness (QED) is 0.579. The third kappa shape index (κ3) is 5.69. The van der Waals surface area contributed by atoms with Gasteiger partial charge in [-0.2, -0.15) is 13.2 Å². The summed E-state index contributed by atoms with van der Waals surface area (Å²) in [7, 11) is 0. The van der Waals surface area contributed by atoms with Crippen molar-refractivity contribution < 1.29 is 36.7 Å². The summed E-state index contributed by atoms with van der Waals surface area (Å²) in [5, 5.41) is 2.27. The van der Waals surface area contributed by atoms with Crippen LogP contribution < -0.4 is 11.1 Å². The summed E-state index contributed by atoms with van der Waals surface area (Å²) in [6.07, 6.45) is -2.03. The van der Waals surface area contributed by atoms with E-state index in [1.165, 1.54) is 18.2 Å². The molecule has 6 nitrogen and oxygen atoms in total. The third-order valence-electron chi connectivity index (χ3n) is 4.98. The average molecular weight is 476 g/mol. The maximum atomic E-state index is 14.7. The smallest absolute Gasteiger partial charge is 0.417 e. The highest BCUT2D eigenvalue weighted by molar-refractivity contribution is 6.01. The summed E-state index contributed by atoms with van der Waals surface area (Å²) in [6, 6.07) is 6.71. The van der Waals surface area contributed by atoms with Gasteiger partial charge < -0.3 is 15.8 Å². The highest BCUT2D eigenvalue weighted by atomic mass is 19.4. The van der Waals surface area contributed by atoms with Crippen molar-refractivity contribution in [3.63, 3.8) is 0 Å². The minimum atomic E-state index is -4.86. The van der Waals surface area contributed by atoms with Gasteiger partial charge in [-0.05, 0) is 54.0 Å². The molecule has 1 aliphatic rings. The van der Waals surface area contributed by atoms with Crippen LogP contribution >= 0.6 is 0 Å². The number of alkyl halides is 3. The van der Waals surface area contributed by atoms with E-state index in [1.807, 2.05) is 0 Å². The van der Waals surface area contributed by atoms with E-state index in [-0.39, 0.29) is 29.2 Å². The molecule has 1 aliphatic carbocycles. The summed E-state index contributed by atoms with van der Waals surface area (Å²) in [4.78, 5) is 35.4. The molecule has 3 rings (SSSR count). The number of carbonyl (C=O) groups is 3. The maximum Gasteiger partial charge on any atom is 0.417 e. The lowest BCUT2D eigenvalue weighted by molar-refractivity contribution is -0.138. The topological polar surface area (TPSA) is 98.5 Å². The van der Waals surface area contributed by atoms with Crippen LogP contribution in [0.1, 0.15) is 40.4 Å². The first-order valence-corrected chi connectivity index (χ1v) is 10.2. The third-order valence-corrected chi connectivity index (χ3v) is 4.98. The highest BCUT2D eigenvalue weighted by Crippen LogP contribution is 2.34. The Bertz CT molecular complexity index is 1220. The second-order valence-corrected chi connectivity index (χ2v) is 7.38. The normalized spacial score (nSPS) is 13.7. The van der Waals surface area contributed by atoms with E-state index >= 15 is 0 Å². The molecule has 0 bridgehead atoms. The largest absolute Gasteiger partial charge is 0.490 e. The number of halogens is 4. The van der Waals surface area contributed by atoms with Crippen LogP contribution in [0.3, 0.4) is 0 Å². The van der Waals surface area contributed by atoms with Crippen molar-refractivity contribution >= 4 is 28.9 Å². The van der Waals surface area contributed by atoms with Crippen LogP contribution in [0.2, 0.25) is 0 Å². The Labute approximate surface area is 192 Å². The number of ketones is 1. The molecule has 0 fully saturated rings. The van der Waals surface area contributed by atoms with Crippen molar-refractivity contribution in [1.82, 2.24) is 0 Å². The van der Waals surface area contributed by atoms with E-state index in [4.69, 9.17) is 10.5 Å². The zero-order chi connectivity index (χ0) is 25.0. The molecule has 0 atom stereocenters. The number of allylic oxidation sites excluding steroid dienone is 4. The van der Waals surface area contributed by atoms with E-state index in [2.05, 4.69) is 5.32 Å². The fourth-order valence-electron chi connectivity index (χ4n) is 3.38. The summed E-state index contributed by atoms with van der Waals surface area (Å²) < 4.78 is 59.6. The SMILES string of the molecule is CCOC1=CC(c2ccc(CC(=O)Nc3ccc(C(N)=O)c(C(F)(F)F)c3)c(F)c2)=CCC1=O. The number of carbonyl (C=O) groups excluding carboxylic acids is 3. The molecule has 0 radical (unpaired) electrons. The molecule has 178 valence electrons. The Morgan fingerprint density at radius 3 is 2.50 bits per heavy atom. The lowest BCUT2D eigenvalue weighted by atomic mass is 9.96. The molecule has 0 saturated carbocycles. The average Bonchev–Trinajstić information content (AvgIpc) is 2.76. The summed E-state index contributed by atoms with van der Waals surface area (Å²) in [6.45, 7) is 2.05. The molecule has 2 aromatic carbocycles. The number of Topliss-reactive ketones (excluding diaryl/α,β-unsaturated/α-hetero) is 1. The number of benzene rings is 2. The van der Waals surface area contributed by atoms with Crippen LogP contribution in [-0.4, -0.2) is 24.2 Å². The zero-order valence-electron chi connectivity index (χ0n) is 18.0. The van der Waals surface area contributed by atoms with Crippen molar-refractivity contribution in [2.75, 3.05) is 11.9 Å². The van der Waals surface area contributed by atoms with Crippen LogP contribution in [0.5, 0.6) is 0 Å². The first-order chi connectivity index (χ1) is 16.0. The molecule has 0 unspecified atom stereocenters. The van der Waals surface area contributed by atoms with Crippen molar-refractivity contribution in [2.24, 2.45) is 5.73 Å². The molecule has 2 aromatic rings. The molecule has 0 saturated heterocycles. The molecule has 0 heterocycles. The number of anilines is 1. The first-order valence-electron chi connectivity index (χ1n) is 10.2. The maximum absolute atomic E-state index is 14.7. The number of primary amides is 1. The van der Waals surface area contributed by atoms with Gasteiger partial charge in [0.25, 0.3) is 0 Å². The first kappa shape index (κ1) is 24.7. The van der Waals surface area contributed by atoms with Crippen LogP contribution in [0.15, 0.2) is 54.3 Å². The number of ether oxygens (including phenoxy) is 1. The fraction of sp³-hybridized carbons (Fsp3) is 0.208. The Morgan fingerprint density at radius 2 is 1.88 bits per heavy atom. The molecular weight excluding hydrogens is 456 g/mol. The monoisotopic (exact) mass is 476 g/mol. The fourth-order valence-corrected chi connectivity index (χ4v) is 3.38. The van der Waals surface area contributed by atoms with Gasteiger partial charge in [0.15, 0.2) is 5.76 Å². The molecule has 3 N–H and O–H groups in total. The summed E-state index contributed by atoms with van der Waals surface area (Å²) in [5.74, 6) is -2.71. The van der Waals surface area contributed by atoms with Gasteiger partial charge in [-0.3, -0.25) is 14.4 Å². The molecule has 0 aromatic heterocycles. The Hall–Kier alpha value is -3.95. The Balaban J connectivity index is 1.75. The lowest BCUT2D eigenvalue weighted by Crippen LogP contribution is -2.20. The molecular formula is C24H20F4N2O4. The summed E-state index contributed by atoms with van der Waals surface area (Å²) >= 11 is 0. The van der Waals surface area contributed by atoms with Crippen molar-refractivity contribution in [3.05, 3.63) is 82.4 Å². The summed E-state index contributed by atoms with van der Waals surface area (Å²) in [5.41, 5.74) is 3.83. The van der Waals surface area contributed by atoms with E-state index in [9.17, 15) is 31.9 Å². The lowest BCUT2D eigenvalue weighted by Gasteiger charge is -2.15. The number of nitrogens with two attached hydrogens (primary N) is 1. The minimum Gasteiger partial charge on any atom is -0.490 e. The Morgan fingerprint density at radius 1 is 1.15 bits per heavy atom. The van der Waals surface area contributed by atoms with E-state index in [0.29, 0.717) is 23.8 Å². The van der Waals surface area contributed by atoms with Crippen LogP contribution in [0.4, 0.5) is 23.2 Å². The van der Waals surface area contributed by atoms with Gasteiger partial charge in [-0.15, -0.1) is 0 Å². The number of nitrogens with one attached hydrogen (secondary N) is 1. The van der Waals surface area contributed by atoms with Gasteiger partial charge in [0, 0.05) is 12.1 Å². The van der Waals surface area contributed by atoms with Crippen LogP contribution in [0.25, 0.3) is 5.57 Å². The van der Waals surface area contributed by atoms with Crippen molar-refractivity contribution in [1.29, 1.82) is 0 Å². The number of amides is 2. The molecule has 10 heteroatoms. The molecule has 0 spiro atoms. The molecule has 34 heavy (non-hydrogen) atoms. The van der Waals surface area contributed by atoms with Gasteiger partial charge in [0.2, 0.25) is 17.6 Å². The van der Waals surface area contributed by atoms with Crippen molar-refractivity contribution in [2.45, 2.75) is 25.9 Å². The minimum absolute atomic E-state index is 0.0209. The van der Waals surface area contributed by atoms with Gasteiger partial charge in [-0.1, -0.05) is 18.2 Å². The standard InChI is InChI=1S/C24H20F4N2O4/c1-2-34-21-10-14(5-8-20(21)31)13-3-4-15(19(25)9-13)11-22(32)30-16-6-7-17(23(29)33)18(12-16)24(26,27)28/h3-7,9-10,12H,2,8,11H2,1H3,(H2,29,33)(H,30,32). The second-order valence-electron chi connectivity index (χ2n) is 7.38. The predicted octanol–water partition coefficient (Wildman–Crippen LogP) is 4.40. The van der Waals surface area contributed by atoms with Crippen LogP contribution in [0, 0.1) is 5.82 Å². The van der Waals surface area contributed by atoms with E-state index in [0.717, 1.165) is 12.1 Å². The Kier molecular flexibility index (Phi) is 7.19. The van der Waals surface area contributed by atoms with E-state index < -0.39 is 41.4 Å². The van der Waals surface area contributed by atoms with Gasteiger partial charge in [0.05, 0.1) is 24.2 Å². The number of hydrogen-bond acceptors (Lipinski definition) is 4. The second kappa shape index (κ2) is 9.90. The van der Waals surface area contributed by atoms with Gasteiger partial charge >= 0.3 is 6.18 Å². The number of hydrogen-bond donors (Lipinski definition) is 2.